The average molecular weight is 372 g/mol. The molecule has 0 radical (unpaired) electrons. The van der Waals surface area contributed by atoms with Gasteiger partial charge in [0.05, 0.1) is 12.1 Å². The Morgan fingerprint density at radius 1 is 1.27 bits per heavy atom. The Balaban J connectivity index is 1.52. The molecule has 26 heavy (non-hydrogen) atoms. The Bertz CT molecular complexity index is 813. The molecule has 6 nitrogen and oxygen atoms in total. The van der Waals surface area contributed by atoms with Crippen molar-refractivity contribution >= 4 is 29.1 Å². The van der Waals surface area contributed by atoms with Crippen LogP contribution in [0.15, 0.2) is 29.6 Å². The zero-order valence-corrected chi connectivity index (χ0v) is 15.4. The van der Waals surface area contributed by atoms with Crippen LogP contribution in [0.25, 0.3) is 10.6 Å². The van der Waals surface area contributed by atoms with Gasteiger partial charge in [0.15, 0.2) is 6.61 Å². The van der Waals surface area contributed by atoms with Crippen molar-refractivity contribution in [2.45, 2.75) is 32.6 Å². The van der Waals surface area contributed by atoms with Crippen LogP contribution in [0.5, 0.6) is 0 Å². The van der Waals surface area contributed by atoms with E-state index in [4.69, 9.17) is 4.74 Å². The number of aryl methyl sites for hydroxylation is 1. The van der Waals surface area contributed by atoms with E-state index in [-0.39, 0.29) is 12.3 Å². The summed E-state index contributed by atoms with van der Waals surface area (Å²) in [7, 11) is 0. The molecule has 0 spiro atoms. The van der Waals surface area contributed by atoms with Crippen LogP contribution >= 0.6 is 11.3 Å². The summed E-state index contributed by atoms with van der Waals surface area (Å²) in [5.41, 5.74) is 2.88. The summed E-state index contributed by atoms with van der Waals surface area (Å²) < 4.78 is 5.00. The minimum absolute atomic E-state index is 0.00473. The molecule has 0 bridgehead atoms. The summed E-state index contributed by atoms with van der Waals surface area (Å²) >= 11 is 1.46. The summed E-state index contributed by atoms with van der Waals surface area (Å²) in [5, 5.41) is 2.66. The van der Waals surface area contributed by atoms with E-state index in [0.717, 1.165) is 21.9 Å². The van der Waals surface area contributed by atoms with E-state index in [1.54, 1.807) is 0 Å². The van der Waals surface area contributed by atoms with Crippen molar-refractivity contribution in [3.63, 3.8) is 0 Å². The third-order valence-corrected chi connectivity index (χ3v) is 5.16. The first kappa shape index (κ1) is 18.3. The highest BCUT2D eigenvalue weighted by Gasteiger charge is 2.27. The van der Waals surface area contributed by atoms with Crippen LogP contribution in [0, 0.1) is 0 Å². The highest BCUT2D eigenvalue weighted by atomic mass is 32.1. The number of esters is 1. The number of imide groups is 1. The highest BCUT2D eigenvalue weighted by molar-refractivity contribution is 7.13. The molecule has 1 aromatic heterocycles. The number of benzene rings is 1. The van der Waals surface area contributed by atoms with Gasteiger partial charge in [0.25, 0.3) is 5.91 Å². The molecule has 1 fully saturated rings. The lowest BCUT2D eigenvalue weighted by Gasteiger charge is -2.13. The van der Waals surface area contributed by atoms with E-state index < -0.39 is 18.5 Å². The predicted octanol–water partition coefficient (Wildman–Crippen LogP) is 2.61. The fraction of sp³-hybridized carbons (Fsp3) is 0.368. The highest BCUT2D eigenvalue weighted by Crippen LogP contribution is 2.24. The zero-order valence-electron chi connectivity index (χ0n) is 14.6. The Hall–Kier alpha value is -2.54. The molecule has 7 heteroatoms. The molecule has 0 N–H and O–H groups in total. The maximum atomic E-state index is 11.9. The van der Waals surface area contributed by atoms with Crippen LogP contribution in [-0.2, 0) is 32.0 Å². The number of hydrogen-bond donors (Lipinski definition) is 0. The van der Waals surface area contributed by atoms with Gasteiger partial charge in [-0.2, -0.15) is 0 Å². The van der Waals surface area contributed by atoms with E-state index in [2.05, 4.69) is 24.0 Å². The molecule has 0 atom stereocenters. The number of aromatic nitrogens is 1. The molecule has 2 aromatic rings. The third-order valence-electron chi connectivity index (χ3n) is 4.22. The smallest absolute Gasteiger partial charge is 0.312 e. The number of likely N-dealkylation sites (tertiary alicyclic amines) is 1. The predicted molar refractivity (Wildman–Crippen MR) is 97.5 cm³/mol. The molecular weight excluding hydrogens is 352 g/mol. The largest absolute Gasteiger partial charge is 0.455 e. The van der Waals surface area contributed by atoms with Gasteiger partial charge in [-0.3, -0.25) is 19.3 Å². The van der Waals surface area contributed by atoms with Gasteiger partial charge in [-0.15, -0.1) is 11.3 Å². The first-order valence-corrected chi connectivity index (χ1v) is 9.47. The summed E-state index contributed by atoms with van der Waals surface area (Å²) in [4.78, 5) is 40.9. The van der Waals surface area contributed by atoms with Gasteiger partial charge in [-0.1, -0.05) is 31.2 Å². The minimum atomic E-state index is -0.525. The molecule has 136 valence electrons. The second-order valence-corrected chi connectivity index (χ2v) is 6.93. The third kappa shape index (κ3) is 4.35. The van der Waals surface area contributed by atoms with Gasteiger partial charge < -0.3 is 4.74 Å². The van der Waals surface area contributed by atoms with Gasteiger partial charge >= 0.3 is 5.97 Å². The van der Waals surface area contributed by atoms with Crippen molar-refractivity contribution < 1.29 is 19.1 Å². The standard InChI is InChI=1S/C19H20N2O4S/c1-2-13-5-7-14(8-6-13)19-20-15(12-26-19)10-18(24)25-11-17(23)21-9-3-4-16(21)22/h5-8,12H,2-4,9-11H2,1H3. The molecule has 1 aromatic carbocycles. The second kappa shape index (κ2) is 8.23. The van der Waals surface area contributed by atoms with Crippen LogP contribution in [0.2, 0.25) is 0 Å². The number of hydrogen-bond acceptors (Lipinski definition) is 6. The number of rotatable bonds is 6. The maximum absolute atomic E-state index is 11.9. The van der Waals surface area contributed by atoms with Crippen molar-refractivity contribution in [3.05, 3.63) is 40.9 Å². The molecule has 0 aliphatic carbocycles. The number of amides is 2. The summed E-state index contributed by atoms with van der Waals surface area (Å²) in [6.45, 7) is 2.11. The number of nitrogens with zero attached hydrogens (tertiary/aromatic N) is 2. The lowest BCUT2D eigenvalue weighted by molar-refractivity contribution is -0.154. The molecule has 0 unspecified atom stereocenters. The Morgan fingerprint density at radius 3 is 2.69 bits per heavy atom. The fourth-order valence-corrected chi connectivity index (χ4v) is 3.56. The van der Waals surface area contributed by atoms with E-state index in [1.165, 1.54) is 16.9 Å². The maximum Gasteiger partial charge on any atom is 0.312 e. The molecule has 2 heterocycles. The van der Waals surface area contributed by atoms with Gasteiger partial charge in [-0.05, 0) is 18.4 Å². The molecule has 3 rings (SSSR count). The Kier molecular flexibility index (Phi) is 5.78. The van der Waals surface area contributed by atoms with Gasteiger partial charge in [-0.25, -0.2) is 4.98 Å². The van der Waals surface area contributed by atoms with Gasteiger partial charge in [0.1, 0.15) is 5.01 Å². The molecule has 1 aliphatic heterocycles. The lowest BCUT2D eigenvalue weighted by Crippen LogP contribution is -2.35. The Labute approximate surface area is 155 Å². The summed E-state index contributed by atoms with van der Waals surface area (Å²) in [6, 6.07) is 8.17. The second-order valence-electron chi connectivity index (χ2n) is 6.07. The SMILES string of the molecule is CCc1ccc(-c2nc(CC(=O)OCC(=O)N3CCCC3=O)cs2)cc1. The van der Waals surface area contributed by atoms with Crippen molar-refractivity contribution in [1.82, 2.24) is 9.88 Å². The van der Waals surface area contributed by atoms with E-state index >= 15 is 0 Å². The van der Waals surface area contributed by atoms with Crippen LogP contribution in [0.3, 0.4) is 0 Å². The van der Waals surface area contributed by atoms with Gasteiger partial charge in [0, 0.05) is 23.9 Å². The van der Waals surface area contributed by atoms with Gasteiger partial charge in [0.2, 0.25) is 5.91 Å². The van der Waals surface area contributed by atoms with Crippen molar-refractivity contribution in [3.8, 4) is 10.6 Å². The first-order chi connectivity index (χ1) is 12.6. The number of ether oxygens (including phenoxy) is 1. The van der Waals surface area contributed by atoms with Crippen LogP contribution < -0.4 is 0 Å². The fourth-order valence-electron chi connectivity index (χ4n) is 2.73. The molecule has 0 saturated carbocycles. The van der Waals surface area contributed by atoms with E-state index in [1.807, 2.05) is 17.5 Å². The monoisotopic (exact) mass is 372 g/mol. The van der Waals surface area contributed by atoms with Crippen LogP contribution in [-0.4, -0.2) is 40.8 Å². The number of thiazole rings is 1. The van der Waals surface area contributed by atoms with Crippen molar-refractivity contribution in [2.75, 3.05) is 13.2 Å². The minimum Gasteiger partial charge on any atom is -0.455 e. The zero-order chi connectivity index (χ0) is 18.5. The topological polar surface area (TPSA) is 76.6 Å². The van der Waals surface area contributed by atoms with Crippen molar-refractivity contribution in [1.29, 1.82) is 0 Å². The number of carbonyl (C=O) groups excluding carboxylic acids is 3. The average Bonchev–Trinajstić information content (AvgIpc) is 3.29. The van der Waals surface area contributed by atoms with E-state index in [9.17, 15) is 14.4 Å². The molecule has 2 amide bonds. The number of carbonyl (C=O) groups is 3. The molecular formula is C19H20N2O4S. The molecule has 1 saturated heterocycles. The lowest BCUT2D eigenvalue weighted by atomic mass is 10.1. The van der Waals surface area contributed by atoms with Crippen LogP contribution in [0.1, 0.15) is 31.0 Å². The van der Waals surface area contributed by atoms with E-state index in [0.29, 0.717) is 25.1 Å². The van der Waals surface area contributed by atoms with Crippen LogP contribution in [0.4, 0.5) is 0 Å². The normalized spacial score (nSPS) is 13.9. The summed E-state index contributed by atoms with van der Waals surface area (Å²) in [5.74, 6) is -1.19. The quantitative estimate of drug-likeness (QED) is 0.729. The first-order valence-electron chi connectivity index (χ1n) is 8.59. The van der Waals surface area contributed by atoms with Crippen molar-refractivity contribution in [2.24, 2.45) is 0 Å². The molecule has 1 aliphatic rings. The summed E-state index contributed by atoms with van der Waals surface area (Å²) in [6.07, 6.45) is 2.03. The Morgan fingerprint density at radius 2 is 2.04 bits per heavy atom.